The van der Waals surface area contributed by atoms with Crippen molar-refractivity contribution in [2.45, 2.75) is 12.1 Å². The topological polar surface area (TPSA) is 61.4 Å². The Hall–Kier alpha value is -0.460. The fourth-order valence-electron chi connectivity index (χ4n) is 1.77. The second kappa shape index (κ2) is 6.81. The molecule has 4 nitrogen and oxygen atoms in total. The van der Waals surface area contributed by atoms with Gasteiger partial charge in [0.1, 0.15) is 0 Å². The highest BCUT2D eigenvalue weighted by Crippen LogP contribution is 2.25. The number of halogens is 2. The molecule has 104 valence electrons. The van der Waals surface area contributed by atoms with E-state index in [4.69, 9.17) is 23.2 Å². The van der Waals surface area contributed by atoms with E-state index in [0.29, 0.717) is 15.6 Å². The third kappa shape index (κ3) is 4.00. The van der Waals surface area contributed by atoms with Gasteiger partial charge in [0.25, 0.3) is 0 Å². The first-order chi connectivity index (χ1) is 9.08. The molecular formula is C12H14Cl2N2O2S. The molecule has 1 aliphatic heterocycles. The van der Waals surface area contributed by atoms with Crippen LogP contribution in [-0.2, 0) is 4.79 Å². The van der Waals surface area contributed by atoms with Gasteiger partial charge in [-0.1, -0.05) is 29.3 Å². The Balaban J connectivity index is 1.89. The molecule has 0 aliphatic carbocycles. The van der Waals surface area contributed by atoms with Crippen molar-refractivity contribution < 1.29 is 9.90 Å². The number of thioether (sulfide) groups is 1. The molecule has 1 heterocycles. The van der Waals surface area contributed by atoms with E-state index >= 15 is 0 Å². The van der Waals surface area contributed by atoms with Crippen LogP contribution in [0.15, 0.2) is 18.2 Å². The van der Waals surface area contributed by atoms with E-state index in [1.165, 1.54) is 0 Å². The second-order valence-corrected chi connectivity index (χ2v) is 6.07. The van der Waals surface area contributed by atoms with Gasteiger partial charge in [-0.3, -0.25) is 10.1 Å². The summed E-state index contributed by atoms with van der Waals surface area (Å²) in [5.41, 5.74) is 0.556. The molecule has 1 fully saturated rings. The number of rotatable bonds is 4. The molecule has 1 aromatic rings. The van der Waals surface area contributed by atoms with Gasteiger partial charge in [0, 0.05) is 33.8 Å². The smallest absolute Gasteiger partial charge is 0.238 e. The number of aliphatic hydroxyl groups excluding tert-OH is 1. The summed E-state index contributed by atoms with van der Waals surface area (Å²) >= 11 is 13.5. The maximum absolute atomic E-state index is 11.8. The van der Waals surface area contributed by atoms with Crippen LogP contribution in [0.5, 0.6) is 0 Å². The molecule has 1 aromatic carbocycles. The average molecular weight is 321 g/mol. The molecule has 2 atom stereocenters. The van der Waals surface area contributed by atoms with E-state index in [1.807, 2.05) is 0 Å². The Bertz CT molecular complexity index is 467. The molecule has 1 saturated heterocycles. The maximum atomic E-state index is 11.8. The van der Waals surface area contributed by atoms with Gasteiger partial charge in [0.2, 0.25) is 5.91 Å². The summed E-state index contributed by atoms with van der Waals surface area (Å²) < 4.78 is 0. The standard InChI is InChI=1S/C12H14Cl2N2O2S/c13-7-1-2-8(9(14)3-7)11(17)4-15-12(18)10-5-19-6-16-10/h1-3,10-11,16-17H,4-6H2,(H,15,18)/t10-,11?/m1/s1. The summed E-state index contributed by atoms with van der Waals surface area (Å²) in [5, 5.41) is 16.7. The molecule has 1 amide bonds. The third-order valence-corrected chi connectivity index (χ3v) is 4.33. The Morgan fingerprint density at radius 2 is 2.37 bits per heavy atom. The average Bonchev–Trinajstić information content (AvgIpc) is 2.89. The quantitative estimate of drug-likeness (QED) is 0.791. The lowest BCUT2D eigenvalue weighted by Crippen LogP contribution is -2.43. The zero-order valence-electron chi connectivity index (χ0n) is 10.0. The molecule has 0 aromatic heterocycles. The van der Waals surface area contributed by atoms with Crippen LogP contribution in [0.2, 0.25) is 10.0 Å². The number of benzene rings is 1. The number of amides is 1. The number of carbonyl (C=O) groups is 1. The van der Waals surface area contributed by atoms with Gasteiger partial charge in [0.15, 0.2) is 0 Å². The minimum atomic E-state index is -0.845. The fourth-order valence-corrected chi connectivity index (χ4v) is 3.24. The van der Waals surface area contributed by atoms with Crippen molar-refractivity contribution >= 4 is 40.9 Å². The molecule has 0 radical (unpaired) electrons. The predicted molar refractivity (Wildman–Crippen MR) is 78.7 cm³/mol. The van der Waals surface area contributed by atoms with Gasteiger partial charge in [-0.05, 0) is 12.1 Å². The van der Waals surface area contributed by atoms with Gasteiger partial charge in [0.05, 0.1) is 12.1 Å². The highest BCUT2D eigenvalue weighted by molar-refractivity contribution is 7.99. The van der Waals surface area contributed by atoms with Crippen LogP contribution in [0.25, 0.3) is 0 Å². The van der Waals surface area contributed by atoms with E-state index < -0.39 is 6.10 Å². The monoisotopic (exact) mass is 320 g/mol. The summed E-state index contributed by atoms with van der Waals surface area (Å²) in [4.78, 5) is 11.8. The molecule has 2 rings (SSSR count). The first-order valence-electron chi connectivity index (χ1n) is 5.80. The van der Waals surface area contributed by atoms with Gasteiger partial charge in [-0.2, -0.15) is 0 Å². The summed E-state index contributed by atoms with van der Waals surface area (Å²) in [6.07, 6.45) is -0.845. The summed E-state index contributed by atoms with van der Waals surface area (Å²) in [6, 6.07) is 4.70. The summed E-state index contributed by atoms with van der Waals surface area (Å²) in [6.45, 7) is 0.128. The van der Waals surface area contributed by atoms with Gasteiger partial charge in [-0.25, -0.2) is 0 Å². The van der Waals surface area contributed by atoms with Crippen LogP contribution in [0, 0.1) is 0 Å². The molecule has 1 aliphatic rings. The molecule has 0 saturated carbocycles. The minimum absolute atomic E-state index is 0.103. The largest absolute Gasteiger partial charge is 0.387 e. The fraction of sp³-hybridized carbons (Fsp3) is 0.417. The molecule has 19 heavy (non-hydrogen) atoms. The van der Waals surface area contributed by atoms with Crippen molar-refractivity contribution in [3.05, 3.63) is 33.8 Å². The first-order valence-corrected chi connectivity index (χ1v) is 7.71. The van der Waals surface area contributed by atoms with E-state index in [9.17, 15) is 9.90 Å². The van der Waals surface area contributed by atoms with Gasteiger partial charge in [-0.15, -0.1) is 11.8 Å². The zero-order valence-corrected chi connectivity index (χ0v) is 12.4. The van der Waals surface area contributed by atoms with Crippen molar-refractivity contribution in [1.82, 2.24) is 10.6 Å². The second-order valence-electron chi connectivity index (χ2n) is 4.20. The lowest BCUT2D eigenvalue weighted by atomic mass is 10.1. The number of aliphatic hydroxyl groups is 1. The van der Waals surface area contributed by atoms with Crippen molar-refractivity contribution in [3.8, 4) is 0 Å². The van der Waals surface area contributed by atoms with Crippen LogP contribution in [0.4, 0.5) is 0 Å². The molecule has 3 N–H and O–H groups in total. The van der Waals surface area contributed by atoms with Crippen molar-refractivity contribution in [2.24, 2.45) is 0 Å². The highest BCUT2D eigenvalue weighted by Gasteiger charge is 2.23. The summed E-state index contributed by atoms with van der Waals surface area (Å²) in [7, 11) is 0. The van der Waals surface area contributed by atoms with Crippen LogP contribution < -0.4 is 10.6 Å². The SMILES string of the molecule is O=C(NCC(O)c1ccc(Cl)cc1Cl)[C@H]1CSCN1. The Kier molecular flexibility index (Phi) is 5.36. The minimum Gasteiger partial charge on any atom is -0.387 e. The van der Waals surface area contributed by atoms with Gasteiger partial charge >= 0.3 is 0 Å². The molecule has 1 unspecified atom stereocenters. The maximum Gasteiger partial charge on any atom is 0.238 e. The lowest BCUT2D eigenvalue weighted by molar-refractivity contribution is -0.122. The van der Waals surface area contributed by atoms with Gasteiger partial charge < -0.3 is 10.4 Å². The number of nitrogens with one attached hydrogen (secondary N) is 2. The van der Waals surface area contributed by atoms with Crippen molar-refractivity contribution in [1.29, 1.82) is 0 Å². The molecular weight excluding hydrogens is 307 g/mol. The summed E-state index contributed by atoms with van der Waals surface area (Å²) in [5.74, 6) is 1.43. The molecule has 0 spiro atoms. The Morgan fingerprint density at radius 1 is 1.58 bits per heavy atom. The van der Waals surface area contributed by atoms with Crippen LogP contribution in [0.1, 0.15) is 11.7 Å². The number of carbonyl (C=O) groups excluding carboxylic acids is 1. The predicted octanol–water partition coefficient (Wildman–Crippen LogP) is 1.81. The first kappa shape index (κ1) is 14.9. The highest BCUT2D eigenvalue weighted by atomic mass is 35.5. The normalized spacial score (nSPS) is 20.3. The van der Waals surface area contributed by atoms with Crippen LogP contribution in [0.3, 0.4) is 0 Å². The number of hydrogen-bond acceptors (Lipinski definition) is 4. The Labute approximate surface area is 125 Å². The zero-order chi connectivity index (χ0) is 13.8. The number of hydrogen-bond donors (Lipinski definition) is 3. The van der Waals surface area contributed by atoms with Crippen molar-refractivity contribution in [2.75, 3.05) is 18.2 Å². The molecule has 0 bridgehead atoms. The lowest BCUT2D eigenvalue weighted by Gasteiger charge is -2.16. The van der Waals surface area contributed by atoms with E-state index in [0.717, 1.165) is 11.6 Å². The van der Waals surface area contributed by atoms with Crippen LogP contribution in [-0.4, -0.2) is 35.2 Å². The molecule has 7 heteroatoms. The van der Waals surface area contributed by atoms with E-state index in [-0.39, 0.29) is 18.5 Å². The van der Waals surface area contributed by atoms with Crippen molar-refractivity contribution in [3.63, 3.8) is 0 Å². The van der Waals surface area contributed by atoms with E-state index in [1.54, 1.807) is 30.0 Å². The Morgan fingerprint density at radius 3 is 3.00 bits per heavy atom. The third-order valence-electron chi connectivity index (χ3n) is 2.82. The van der Waals surface area contributed by atoms with Crippen LogP contribution >= 0.6 is 35.0 Å². The van der Waals surface area contributed by atoms with E-state index in [2.05, 4.69) is 10.6 Å².